The maximum atomic E-state index is 11.9. The zero-order chi connectivity index (χ0) is 13.6. The molecule has 17 heavy (non-hydrogen) atoms. The van der Waals surface area contributed by atoms with Crippen LogP contribution in [0.4, 0.5) is 0 Å². The Morgan fingerprint density at radius 2 is 1.82 bits per heavy atom. The second-order valence-corrected chi connectivity index (χ2v) is 4.44. The molecule has 0 aromatic heterocycles. The summed E-state index contributed by atoms with van der Waals surface area (Å²) in [5.41, 5.74) is 5.33. The van der Waals surface area contributed by atoms with Gasteiger partial charge in [0.25, 0.3) is 0 Å². The van der Waals surface area contributed by atoms with Crippen LogP contribution in [0.1, 0.15) is 34.1 Å². The number of aliphatic hydroxyl groups excluding tert-OH is 1. The van der Waals surface area contributed by atoms with Crippen molar-refractivity contribution in [2.45, 2.75) is 52.4 Å². The van der Waals surface area contributed by atoms with Crippen LogP contribution >= 0.6 is 0 Å². The summed E-state index contributed by atoms with van der Waals surface area (Å²) < 4.78 is 0. The SMILES string of the molecule is CC[C@H](NC(=O)[C@@H](NC(C)=O)C(C)C)C(N)O. The van der Waals surface area contributed by atoms with Gasteiger partial charge in [-0.2, -0.15) is 0 Å². The molecular formula is C11H23N3O3. The van der Waals surface area contributed by atoms with Crippen LogP contribution in [0.5, 0.6) is 0 Å². The summed E-state index contributed by atoms with van der Waals surface area (Å²) in [5.74, 6) is -0.627. The molecule has 100 valence electrons. The van der Waals surface area contributed by atoms with Crippen LogP contribution in [0.3, 0.4) is 0 Å². The molecule has 3 atom stereocenters. The Morgan fingerprint density at radius 1 is 1.29 bits per heavy atom. The summed E-state index contributed by atoms with van der Waals surface area (Å²) in [6.45, 7) is 6.83. The summed E-state index contributed by atoms with van der Waals surface area (Å²) in [4.78, 5) is 22.9. The van der Waals surface area contributed by atoms with Gasteiger partial charge in [0.15, 0.2) is 0 Å². The van der Waals surface area contributed by atoms with Gasteiger partial charge in [-0.1, -0.05) is 20.8 Å². The Morgan fingerprint density at radius 3 is 2.12 bits per heavy atom. The van der Waals surface area contributed by atoms with E-state index < -0.39 is 18.3 Å². The number of carbonyl (C=O) groups is 2. The van der Waals surface area contributed by atoms with Crippen molar-refractivity contribution in [1.29, 1.82) is 0 Å². The van der Waals surface area contributed by atoms with Gasteiger partial charge in [-0.05, 0) is 12.3 Å². The lowest BCUT2D eigenvalue weighted by Gasteiger charge is -2.25. The molecule has 0 fully saturated rings. The van der Waals surface area contributed by atoms with E-state index in [9.17, 15) is 14.7 Å². The lowest BCUT2D eigenvalue weighted by molar-refractivity contribution is -0.130. The molecule has 0 rings (SSSR count). The fourth-order valence-corrected chi connectivity index (χ4v) is 1.46. The van der Waals surface area contributed by atoms with E-state index in [4.69, 9.17) is 5.73 Å². The first kappa shape index (κ1) is 15.9. The highest BCUT2D eigenvalue weighted by molar-refractivity contribution is 5.87. The molecule has 0 bridgehead atoms. The number of nitrogens with two attached hydrogens (primary N) is 1. The highest BCUT2D eigenvalue weighted by Gasteiger charge is 2.26. The minimum absolute atomic E-state index is 0.0358. The number of rotatable bonds is 6. The van der Waals surface area contributed by atoms with Crippen molar-refractivity contribution < 1.29 is 14.7 Å². The molecule has 0 spiro atoms. The molecule has 0 heterocycles. The van der Waals surface area contributed by atoms with Crippen molar-refractivity contribution in [1.82, 2.24) is 10.6 Å². The van der Waals surface area contributed by atoms with Crippen LogP contribution in [-0.4, -0.2) is 35.2 Å². The molecule has 0 aromatic rings. The number of hydrogen-bond donors (Lipinski definition) is 4. The van der Waals surface area contributed by atoms with E-state index in [0.29, 0.717) is 6.42 Å². The van der Waals surface area contributed by atoms with Crippen molar-refractivity contribution in [2.24, 2.45) is 11.7 Å². The summed E-state index contributed by atoms with van der Waals surface area (Å²) in [6, 6.07) is -1.11. The normalized spacial score (nSPS) is 16.2. The van der Waals surface area contributed by atoms with Crippen molar-refractivity contribution in [3.05, 3.63) is 0 Å². The number of nitrogens with one attached hydrogen (secondary N) is 2. The lowest BCUT2D eigenvalue weighted by Crippen LogP contribution is -2.55. The molecule has 0 saturated carbocycles. The number of hydrogen-bond acceptors (Lipinski definition) is 4. The third-order valence-electron chi connectivity index (χ3n) is 2.49. The van der Waals surface area contributed by atoms with Crippen LogP contribution in [0.25, 0.3) is 0 Å². The van der Waals surface area contributed by atoms with Gasteiger partial charge in [-0.3, -0.25) is 9.59 Å². The Labute approximate surface area is 102 Å². The van der Waals surface area contributed by atoms with E-state index in [1.807, 2.05) is 20.8 Å². The van der Waals surface area contributed by atoms with Crippen LogP contribution in [0.15, 0.2) is 0 Å². The van der Waals surface area contributed by atoms with Crippen molar-refractivity contribution in [2.75, 3.05) is 0 Å². The Kier molecular flexibility index (Phi) is 6.75. The molecule has 0 aliphatic rings. The van der Waals surface area contributed by atoms with Crippen LogP contribution in [-0.2, 0) is 9.59 Å². The summed E-state index contributed by atoms with van der Waals surface area (Å²) in [6.07, 6.45) is -0.581. The van der Waals surface area contributed by atoms with Crippen LogP contribution in [0.2, 0.25) is 0 Å². The molecule has 0 aliphatic carbocycles. The van der Waals surface area contributed by atoms with E-state index in [1.54, 1.807) is 0 Å². The van der Waals surface area contributed by atoms with Gasteiger partial charge in [-0.25, -0.2) is 0 Å². The van der Waals surface area contributed by atoms with Crippen molar-refractivity contribution in [3.63, 3.8) is 0 Å². The van der Waals surface area contributed by atoms with Crippen LogP contribution in [0, 0.1) is 5.92 Å². The standard InChI is InChI=1S/C11H23N3O3/c1-5-8(10(12)16)14-11(17)9(6(2)3)13-7(4)15/h6,8-10,16H,5,12H2,1-4H3,(H,13,15)(H,14,17)/t8-,9-,10?/m0/s1. The monoisotopic (exact) mass is 245 g/mol. The fourth-order valence-electron chi connectivity index (χ4n) is 1.46. The zero-order valence-corrected chi connectivity index (χ0v) is 10.9. The molecule has 1 unspecified atom stereocenters. The number of aliphatic hydroxyl groups is 1. The molecule has 0 aliphatic heterocycles. The Balaban J connectivity index is 4.56. The summed E-state index contributed by atoms with van der Waals surface area (Å²) in [7, 11) is 0. The predicted molar refractivity (Wildman–Crippen MR) is 64.9 cm³/mol. The maximum Gasteiger partial charge on any atom is 0.243 e. The second-order valence-electron chi connectivity index (χ2n) is 4.44. The lowest BCUT2D eigenvalue weighted by atomic mass is 10.0. The third kappa shape index (κ3) is 5.65. The molecule has 2 amide bonds. The molecule has 6 nitrogen and oxygen atoms in total. The first-order chi connectivity index (χ1) is 7.79. The molecule has 0 saturated heterocycles. The Bertz CT molecular complexity index is 267. The van der Waals surface area contributed by atoms with Crippen LogP contribution < -0.4 is 16.4 Å². The van der Waals surface area contributed by atoms with E-state index in [2.05, 4.69) is 10.6 Å². The predicted octanol–water partition coefficient (Wildman–Crippen LogP) is -0.681. The quantitative estimate of drug-likeness (QED) is 0.465. The minimum atomic E-state index is -1.10. The third-order valence-corrected chi connectivity index (χ3v) is 2.49. The van der Waals surface area contributed by atoms with Crippen molar-refractivity contribution >= 4 is 11.8 Å². The van der Waals surface area contributed by atoms with E-state index >= 15 is 0 Å². The molecule has 0 radical (unpaired) electrons. The van der Waals surface area contributed by atoms with Gasteiger partial charge < -0.3 is 21.5 Å². The second kappa shape index (κ2) is 7.24. The molecule has 0 aromatic carbocycles. The largest absolute Gasteiger partial charge is 0.377 e. The highest BCUT2D eigenvalue weighted by Crippen LogP contribution is 2.03. The molecule has 6 heteroatoms. The Hall–Kier alpha value is -1.14. The van der Waals surface area contributed by atoms with Gasteiger partial charge in [0, 0.05) is 6.92 Å². The highest BCUT2D eigenvalue weighted by atomic mass is 16.3. The average molecular weight is 245 g/mol. The average Bonchev–Trinajstić information content (AvgIpc) is 2.20. The topological polar surface area (TPSA) is 104 Å². The van der Waals surface area contributed by atoms with Crippen molar-refractivity contribution in [3.8, 4) is 0 Å². The zero-order valence-electron chi connectivity index (χ0n) is 10.9. The number of amides is 2. The maximum absolute atomic E-state index is 11.9. The van der Waals surface area contributed by atoms with Gasteiger partial charge in [0.05, 0.1) is 6.04 Å². The van der Waals surface area contributed by atoms with E-state index in [0.717, 1.165) is 0 Å². The van der Waals surface area contributed by atoms with Gasteiger partial charge >= 0.3 is 0 Å². The summed E-state index contributed by atoms with van der Waals surface area (Å²) in [5, 5.41) is 14.4. The fraction of sp³-hybridized carbons (Fsp3) is 0.818. The first-order valence-electron chi connectivity index (χ1n) is 5.80. The van der Waals surface area contributed by atoms with Gasteiger partial charge in [-0.15, -0.1) is 0 Å². The molecular weight excluding hydrogens is 222 g/mol. The van der Waals surface area contributed by atoms with Gasteiger partial charge in [0.2, 0.25) is 11.8 Å². The minimum Gasteiger partial charge on any atom is -0.377 e. The van der Waals surface area contributed by atoms with E-state index in [-0.39, 0.29) is 17.7 Å². The van der Waals surface area contributed by atoms with E-state index in [1.165, 1.54) is 6.92 Å². The summed E-state index contributed by atoms with van der Waals surface area (Å²) >= 11 is 0. The van der Waals surface area contributed by atoms with Gasteiger partial charge in [0.1, 0.15) is 12.3 Å². The first-order valence-corrected chi connectivity index (χ1v) is 5.80. The number of carbonyl (C=O) groups excluding carboxylic acids is 2. The smallest absolute Gasteiger partial charge is 0.243 e. The molecule has 5 N–H and O–H groups in total.